The van der Waals surface area contributed by atoms with Crippen molar-refractivity contribution in [1.82, 2.24) is 9.80 Å². The van der Waals surface area contributed by atoms with E-state index in [2.05, 4.69) is 41.1 Å². The quantitative estimate of drug-likeness (QED) is 0.868. The summed E-state index contributed by atoms with van der Waals surface area (Å²) in [5.74, 6) is 1.35. The molecule has 2 saturated heterocycles. The molecule has 2 heterocycles. The van der Waals surface area contributed by atoms with Crippen molar-refractivity contribution in [3.63, 3.8) is 0 Å². The molecule has 0 radical (unpaired) electrons. The summed E-state index contributed by atoms with van der Waals surface area (Å²) in [6.07, 6.45) is 0. The molecule has 2 aromatic rings. The maximum atomic E-state index is 13.4. The summed E-state index contributed by atoms with van der Waals surface area (Å²) in [6, 6.07) is 20.4. The normalized spacial score (nSPS) is 23.7. The summed E-state index contributed by atoms with van der Waals surface area (Å²) in [4.78, 5) is 17.9. The summed E-state index contributed by atoms with van der Waals surface area (Å²) in [7, 11) is 2.18. The van der Waals surface area contributed by atoms with Crippen LogP contribution in [0.15, 0.2) is 60.7 Å². The minimum atomic E-state index is -0.191. The molecule has 0 N–H and O–H groups in total. The third-order valence-corrected chi connectivity index (χ3v) is 5.49. The van der Waals surface area contributed by atoms with Gasteiger partial charge in [0, 0.05) is 26.2 Å². The van der Waals surface area contributed by atoms with E-state index in [9.17, 15) is 4.79 Å². The highest BCUT2D eigenvalue weighted by molar-refractivity contribution is 5.87. The van der Waals surface area contributed by atoms with E-state index in [-0.39, 0.29) is 11.8 Å². The molecule has 0 aromatic heterocycles. The van der Waals surface area contributed by atoms with Gasteiger partial charge in [-0.2, -0.15) is 0 Å². The van der Waals surface area contributed by atoms with Crippen molar-refractivity contribution in [1.29, 1.82) is 0 Å². The highest BCUT2D eigenvalue weighted by atomic mass is 16.2. The number of carbonyl (C=O) groups is 1. The molecule has 4 rings (SSSR count). The first-order valence-electron chi connectivity index (χ1n) is 8.79. The minimum Gasteiger partial charge on any atom is -0.341 e. The predicted molar refractivity (Wildman–Crippen MR) is 95.8 cm³/mol. The van der Waals surface area contributed by atoms with Crippen LogP contribution in [0.1, 0.15) is 17.0 Å². The molecule has 3 heteroatoms. The Morgan fingerprint density at radius 2 is 1.29 bits per heavy atom. The summed E-state index contributed by atoms with van der Waals surface area (Å²) < 4.78 is 0. The molecule has 0 spiro atoms. The van der Waals surface area contributed by atoms with Gasteiger partial charge in [-0.3, -0.25) is 4.79 Å². The Labute approximate surface area is 143 Å². The first kappa shape index (κ1) is 15.4. The smallest absolute Gasteiger partial charge is 0.234 e. The summed E-state index contributed by atoms with van der Waals surface area (Å²) >= 11 is 0. The highest BCUT2D eigenvalue weighted by Crippen LogP contribution is 2.34. The zero-order valence-electron chi connectivity index (χ0n) is 14.1. The number of benzene rings is 2. The fraction of sp³-hybridized carbons (Fsp3) is 0.381. The maximum absolute atomic E-state index is 13.4. The van der Waals surface area contributed by atoms with Gasteiger partial charge < -0.3 is 9.80 Å². The molecule has 0 saturated carbocycles. The predicted octanol–water partition coefficient (Wildman–Crippen LogP) is 2.84. The number of likely N-dealkylation sites (tertiary alicyclic amines) is 2. The van der Waals surface area contributed by atoms with E-state index in [1.807, 2.05) is 36.4 Å². The Morgan fingerprint density at radius 3 is 1.75 bits per heavy atom. The van der Waals surface area contributed by atoms with Crippen LogP contribution in [0.5, 0.6) is 0 Å². The first-order valence-corrected chi connectivity index (χ1v) is 8.79. The van der Waals surface area contributed by atoms with Gasteiger partial charge >= 0.3 is 0 Å². The molecule has 2 aromatic carbocycles. The first-order chi connectivity index (χ1) is 11.7. The van der Waals surface area contributed by atoms with Crippen molar-refractivity contribution < 1.29 is 4.79 Å². The lowest BCUT2D eigenvalue weighted by Gasteiger charge is -2.25. The van der Waals surface area contributed by atoms with Crippen molar-refractivity contribution in [2.24, 2.45) is 11.8 Å². The average Bonchev–Trinajstić information content (AvgIpc) is 3.14. The number of hydrogen-bond donors (Lipinski definition) is 0. The third-order valence-electron chi connectivity index (χ3n) is 5.49. The van der Waals surface area contributed by atoms with Crippen molar-refractivity contribution in [3.05, 3.63) is 71.8 Å². The van der Waals surface area contributed by atoms with Crippen LogP contribution in [-0.2, 0) is 4.79 Å². The van der Waals surface area contributed by atoms with Gasteiger partial charge in [-0.05, 0) is 30.0 Å². The second-order valence-electron chi connectivity index (χ2n) is 7.24. The Morgan fingerprint density at radius 1 is 0.833 bits per heavy atom. The molecule has 0 aliphatic carbocycles. The molecule has 2 fully saturated rings. The molecular weight excluding hydrogens is 296 g/mol. The van der Waals surface area contributed by atoms with Gasteiger partial charge in [0.05, 0.1) is 5.92 Å². The van der Waals surface area contributed by atoms with Crippen LogP contribution in [0.3, 0.4) is 0 Å². The topological polar surface area (TPSA) is 23.6 Å². The molecule has 3 nitrogen and oxygen atoms in total. The number of hydrogen-bond acceptors (Lipinski definition) is 2. The zero-order valence-corrected chi connectivity index (χ0v) is 14.1. The molecule has 2 atom stereocenters. The number of fused-ring (bicyclic) bond motifs is 1. The number of rotatable bonds is 3. The highest BCUT2D eigenvalue weighted by Gasteiger charge is 2.42. The Bertz CT molecular complexity index is 647. The summed E-state index contributed by atoms with van der Waals surface area (Å²) in [5, 5.41) is 0. The van der Waals surface area contributed by atoms with Gasteiger partial charge in [0.15, 0.2) is 0 Å². The monoisotopic (exact) mass is 320 g/mol. The van der Waals surface area contributed by atoms with Crippen molar-refractivity contribution in [2.45, 2.75) is 5.92 Å². The van der Waals surface area contributed by atoms with Crippen LogP contribution in [0.2, 0.25) is 0 Å². The zero-order chi connectivity index (χ0) is 16.5. The van der Waals surface area contributed by atoms with Crippen LogP contribution < -0.4 is 0 Å². The fourth-order valence-electron chi connectivity index (χ4n) is 4.36. The van der Waals surface area contributed by atoms with E-state index >= 15 is 0 Å². The molecule has 2 aliphatic rings. The Hall–Kier alpha value is -2.13. The number of carbonyl (C=O) groups excluding carboxylic acids is 1. The molecule has 1 amide bonds. The Balaban J connectivity index is 1.61. The fourth-order valence-corrected chi connectivity index (χ4v) is 4.36. The van der Waals surface area contributed by atoms with Crippen molar-refractivity contribution in [2.75, 3.05) is 33.2 Å². The van der Waals surface area contributed by atoms with E-state index in [1.54, 1.807) is 0 Å². The second kappa shape index (κ2) is 6.40. The largest absolute Gasteiger partial charge is 0.341 e. The van der Waals surface area contributed by atoms with Crippen LogP contribution in [0, 0.1) is 11.8 Å². The number of amides is 1. The van der Waals surface area contributed by atoms with Gasteiger partial charge in [0.25, 0.3) is 0 Å². The van der Waals surface area contributed by atoms with Crippen LogP contribution in [-0.4, -0.2) is 48.9 Å². The van der Waals surface area contributed by atoms with Crippen LogP contribution in [0.4, 0.5) is 0 Å². The number of nitrogens with zero attached hydrogens (tertiary/aromatic N) is 2. The third kappa shape index (κ3) is 2.84. The molecule has 0 bridgehead atoms. The lowest BCUT2D eigenvalue weighted by Crippen LogP contribution is -2.36. The molecule has 124 valence electrons. The lowest BCUT2D eigenvalue weighted by atomic mass is 9.90. The van der Waals surface area contributed by atoms with E-state index in [0.717, 1.165) is 37.3 Å². The van der Waals surface area contributed by atoms with Gasteiger partial charge in [-0.25, -0.2) is 0 Å². The average molecular weight is 320 g/mol. The standard InChI is InChI=1S/C21H24N2O/c1-22-12-18-14-23(15-19(18)13-22)21(24)20(16-8-4-2-5-9-16)17-10-6-3-7-11-17/h2-11,18-20H,12-15H2,1H3/t18-,19+. The summed E-state index contributed by atoms with van der Waals surface area (Å²) in [5.41, 5.74) is 2.17. The van der Waals surface area contributed by atoms with Gasteiger partial charge in [-0.15, -0.1) is 0 Å². The van der Waals surface area contributed by atoms with Gasteiger partial charge in [0.1, 0.15) is 0 Å². The van der Waals surface area contributed by atoms with Crippen molar-refractivity contribution in [3.8, 4) is 0 Å². The van der Waals surface area contributed by atoms with E-state index in [1.165, 1.54) is 0 Å². The lowest BCUT2D eigenvalue weighted by molar-refractivity contribution is -0.131. The van der Waals surface area contributed by atoms with E-state index in [0.29, 0.717) is 11.8 Å². The minimum absolute atomic E-state index is 0.191. The molecule has 2 aliphatic heterocycles. The van der Waals surface area contributed by atoms with Crippen LogP contribution >= 0.6 is 0 Å². The van der Waals surface area contributed by atoms with E-state index < -0.39 is 0 Å². The SMILES string of the molecule is CN1C[C@@H]2CN(C(=O)C(c3ccccc3)c3ccccc3)C[C@@H]2C1. The second-order valence-corrected chi connectivity index (χ2v) is 7.24. The van der Waals surface area contributed by atoms with Crippen LogP contribution in [0.25, 0.3) is 0 Å². The Kier molecular flexibility index (Phi) is 4.11. The van der Waals surface area contributed by atoms with Gasteiger partial charge in [0.2, 0.25) is 5.91 Å². The summed E-state index contributed by atoms with van der Waals surface area (Å²) in [6.45, 7) is 4.06. The molecule has 0 unspecified atom stereocenters. The maximum Gasteiger partial charge on any atom is 0.234 e. The molecular formula is C21H24N2O. The van der Waals surface area contributed by atoms with E-state index in [4.69, 9.17) is 0 Å². The van der Waals surface area contributed by atoms with Crippen molar-refractivity contribution >= 4 is 5.91 Å². The van der Waals surface area contributed by atoms with Gasteiger partial charge in [-0.1, -0.05) is 60.7 Å². The molecule has 24 heavy (non-hydrogen) atoms.